The molecule has 0 unspecified atom stereocenters. The van der Waals surface area contributed by atoms with Crippen molar-refractivity contribution in [2.75, 3.05) is 0 Å². The fourth-order valence-corrected chi connectivity index (χ4v) is 2.33. The lowest BCUT2D eigenvalue weighted by molar-refractivity contribution is 0.0699. The van der Waals surface area contributed by atoms with Gasteiger partial charge in [-0.3, -0.25) is 4.57 Å². The molecule has 1 aromatic heterocycles. The number of hydrogen-bond acceptors (Lipinski definition) is 2. The number of aromatic nitrogens is 2. The molecule has 0 fully saturated rings. The number of rotatable bonds is 2. The average Bonchev–Trinajstić information content (AvgIpc) is 2.74. The van der Waals surface area contributed by atoms with Crippen molar-refractivity contribution in [3.8, 4) is 5.69 Å². The first-order valence-electron chi connectivity index (χ1n) is 6.12. The van der Waals surface area contributed by atoms with Gasteiger partial charge in [0.25, 0.3) is 0 Å². The van der Waals surface area contributed by atoms with Crippen LogP contribution in [0.2, 0.25) is 0 Å². The van der Waals surface area contributed by atoms with Crippen molar-refractivity contribution in [3.05, 3.63) is 64.1 Å². The van der Waals surface area contributed by atoms with Gasteiger partial charge in [-0.1, -0.05) is 18.2 Å². The number of carbonyl (C=O) groups is 1. The lowest BCUT2D eigenvalue weighted by Crippen LogP contribution is -2.14. The van der Waals surface area contributed by atoms with Crippen LogP contribution in [0.4, 0.5) is 0 Å². The number of aromatic amines is 1. The molecule has 0 aliphatic heterocycles. The predicted molar refractivity (Wildman–Crippen MR) is 75.6 cm³/mol. The van der Waals surface area contributed by atoms with E-state index in [1.807, 2.05) is 31.2 Å². The number of aromatic carboxylic acids is 1. The molecule has 0 radical (unpaired) electrons. The summed E-state index contributed by atoms with van der Waals surface area (Å²) in [5.41, 5.74) is 2.37. The first-order valence-corrected chi connectivity index (χ1v) is 6.12. The number of carboxylic acids is 1. The van der Waals surface area contributed by atoms with Crippen LogP contribution in [-0.4, -0.2) is 20.6 Å². The topological polar surface area (TPSA) is 75.1 Å². The van der Waals surface area contributed by atoms with E-state index in [2.05, 4.69) is 4.98 Å². The SMILES string of the molecule is Cc1cccc(-n2c(=O)[nH]c3c(C(=O)O)cccc32)c1. The monoisotopic (exact) mass is 268 g/mol. The number of hydrogen-bond donors (Lipinski definition) is 2. The Balaban J connectivity index is 2.38. The normalized spacial score (nSPS) is 10.8. The Morgan fingerprint density at radius 1 is 1.20 bits per heavy atom. The molecule has 0 bridgehead atoms. The number of para-hydroxylation sites is 1. The lowest BCUT2D eigenvalue weighted by atomic mass is 10.1. The van der Waals surface area contributed by atoms with E-state index in [0.29, 0.717) is 16.7 Å². The molecule has 0 aliphatic carbocycles. The Hall–Kier alpha value is -2.82. The highest BCUT2D eigenvalue weighted by Gasteiger charge is 2.15. The largest absolute Gasteiger partial charge is 0.478 e. The van der Waals surface area contributed by atoms with Gasteiger partial charge in [0, 0.05) is 0 Å². The second-order valence-corrected chi connectivity index (χ2v) is 4.61. The number of carboxylic acid groups (broad SMARTS) is 1. The first-order chi connectivity index (χ1) is 9.58. The molecule has 3 rings (SSSR count). The lowest BCUT2D eigenvalue weighted by Gasteiger charge is -2.04. The number of aryl methyl sites for hydroxylation is 1. The minimum absolute atomic E-state index is 0.0889. The van der Waals surface area contributed by atoms with Crippen LogP contribution >= 0.6 is 0 Å². The minimum Gasteiger partial charge on any atom is -0.478 e. The van der Waals surface area contributed by atoms with Gasteiger partial charge in [0.05, 0.1) is 22.3 Å². The maximum Gasteiger partial charge on any atom is 0.337 e. The van der Waals surface area contributed by atoms with E-state index >= 15 is 0 Å². The summed E-state index contributed by atoms with van der Waals surface area (Å²) >= 11 is 0. The number of nitrogens with one attached hydrogen (secondary N) is 1. The van der Waals surface area contributed by atoms with Crippen LogP contribution in [0.15, 0.2) is 47.3 Å². The molecule has 0 amide bonds. The van der Waals surface area contributed by atoms with Gasteiger partial charge in [-0.05, 0) is 36.8 Å². The van der Waals surface area contributed by atoms with E-state index in [9.17, 15) is 9.59 Å². The summed E-state index contributed by atoms with van der Waals surface area (Å²) in [4.78, 5) is 26.0. The second-order valence-electron chi connectivity index (χ2n) is 4.61. The van der Waals surface area contributed by atoms with Crippen LogP contribution in [0, 0.1) is 6.92 Å². The van der Waals surface area contributed by atoms with Crippen LogP contribution < -0.4 is 5.69 Å². The fourth-order valence-electron chi connectivity index (χ4n) is 2.33. The molecule has 3 aromatic rings. The predicted octanol–water partition coefficient (Wildman–Crippen LogP) is 2.33. The molecule has 0 spiro atoms. The van der Waals surface area contributed by atoms with Crippen LogP contribution in [0.3, 0.4) is 0 Å². The zero-order valence-corrected chi connectivity index (χ0v) is 10.8. The maximum atomic E-state index is 12.1. The van der Waals surface area contributed by atoms with Gasteiger partial charge in [-0.25, -0.2) is 9.59 Å². The molecular formula is C15H12N2O3. The zero-order chi connectivity index (χ0) is 14.3. The molecular weight excluding hydrogens is 256 g/mol. The third-order valence-electron chi connectivity index (χ3n) is 3.21. The number of benzene rings is 2. The van der Waals surface area contributed by atoms with E-state index in [4.69, 9.17) is 5.11 Å². The molecule has 100 valence electrons. The van der Waals surface area contributed by atoms with Crippen molar-refractivity contribution in [1.82, 2.24) is 9.55 Å². The Bertz CT molecular complexity index is 874. The smallest absolute Gasteiger partial charge is 0.337 e. The summed E-state index contributed by atoms with van der Waals surface area (Å²) < 4.78 is 1.48. The first kappa shape index (κ1) is 12.2. The van der Waals surface area contributed by atoms with E-state index in [1.54, 1.807) is 12.1 Å². The molecule has 0 saturated carbocycles. The Kier molecular flexibility index (Phi) is 2.68. The highest BCUT2D eigenvalue weighted by Crippen LogP contribution is 2.19. The number of fused-ring (bicyclic) bond motifs is 1. The van der Waals surface area contributed by atoms with Crippen LogP contribution in [-0.2, 0) is 0 Å². The zero-order valence-electron chi connectivity index (χ0n) is 10.8. The quantitative estimate of drug-likeness (QED) is 0.749. The van der Waals surface area contributed by atoms with E-state index in [0.717, 1.165) is 5.56 Å². The van der Waals surface area contributed by atoms with Gasteiger partial charge in [0.2, 0.25) is 0 Å². The summed E-state index contributed by atoms with van der Waals surface area (Å²) in [5, 5.41) is 9.17. The van der Waals surface area contributed by atoms with E-state index in [1.165, 1.54) is 10.6 Å². The molecule has 2 N–H and O–H groups in total. The Morgan fingerprint density at radius 3 is 2.65 bits per heavy atom. The van der Waals surface area contributed by atoms with Crippen molar-refractivity contribution in [1.29, 1.82) is 0 Å². The molecule has 20 heavy (non-hydrogen) atoms. The van der Waals surface area contributed by atoms with Gasteiger partial charge in [0.1, 0.15) is 0 Å². The van der Waals surface area contributed by atoms with Crippen LogP contribution in [0.25, 0.3) is 16.7 Å². The standard InChI is InChI=1S/C15H12N2O3/c1-9-4-2-5-10(8-9)17-12-7-3-6-11(14(18)19)13(12)16-15(17)20/h2-8H,1H3,(H,16,20)(H,18,19). The molecule has 5 nitrogen and oxygen atoms in total. The number of H-pyrrole nitrogens is 1. The van der Waals surface area contributed by atoms with Gasteiger partial charge in [0.15, 0.2) is 0 Å². The third-order valence-corrected chi connectivity index (χ3v) is 3.21. The third kappa shape index (κ3) is 1.80. The molecule has 0 saturated heterocycles. The van der Waals surface area contributed by atoms with Gasteiger partial charge < -0.3 is 10.1 Å². The van der Waals surface area contributed by atoms with Gasteiger partial charge in [-0.15, -0.1) is 0 Å². The van der Waals surface area contributed by atoms with Crippen molar-refractivity contribution in [2.24, 2.45) is 0 Å². The molecule has 5 heteroatoms. The molecule has 0 atom stereocenters. The second kappa shape index (κ2) is 4.38. The maximum absolute atomic E-state index is 12.1. The minimum atomic E-state index is -1.06. The molecule has 2 aromatic carbocycles. The summed E-state index contributed by atoms with van der Waals surface area (Å²) in [5.74, 6) is -1.06. The fraction of sp³-hybridized carbons (Fsp3) is 0.0667. The van der Waals surface area contributed by atoms with Gasteiger partial charge in [-0.2, -0.15) is 0 Å². The average molecular weight is 268 g/mol. The van der Waals surface area contributed by atoms with Crippen LogP contribution in [0.1, 0.15) is 15.9 Å². The molecule has 1 heterocycles. The highest BCUT2D eigenvalue weighted by molar-refractivity contribution is 6.01. The molecule has 0 aliphatic rings. The van der Waals surface area contributed by atoms with Crippen molar-refractivity contribution >= 4 is 17.0 Å². The Labute approximate surface area is 114 Å². The summed E-state index contributed by atoms with van der Waals surface area (Å²) in [6, 6.07) is 12.3. The van der Waals surface area contributed by atoms with Crippen LogP contribution in [0.5, 0.6) is 0 Å². The van der Waals surface area contributed by atoms with Crippen molar-refractivity contribution in [3.63, 3.8) is 0 Å². The van der Waals surface area contributed by atoms with Gasteiger partial charge >= 0.3 is 11.7 Å². The summed E-state index contributed by atoms with van der Waals surface area (Å²) in [6.45, 7) is 1.94. The highest BCUT2D eigenvalue weighted by atomic mass is 16.4. The number of nitrogens with zero attached hydrogens (tertiary/aromatic N) is 1. The van der Waals surface area contributed by atoms with Crippen molar-refractivity contribution in [2.45, 2.75) is 6.92 Å². The Morgan fingerprint density at radius 2 is 1.95 bits per heavy atom. The van der Waals surface area contributed by atoms with E-state index < -0.39 is 5.97 Å². The number of imidazole rings is 1. The van der Waals surface area contributed by atoms with Crippen molar-refractivity contribution < 1.29 is 9.90 Å². The summed E-state index contributed by atoms with van der Waals surface area (Å²) in [6.07, 6.45) is 0. The summed E-state index contributed by atoms with van der Waals surface area (Å²) in [7, 11) is 0. The van der Waals surface area contributed by atoms with E-state index in [-0.39, 0.29) is 11.3 Å².